The van der Waals surface area contributed by atoms with E-state index in [1.165, 1.54) is 6.42 Å². The van der Waals surface area contributed by atoms with Crippen LogP contribution >= 0.6 is 0 Å². The third kappa shape index (κ3) is 1.12. The smallest absolute Gasteiger partial charge is 0.110 e. The van der Waals surface area contributed by atoms with Crippen LogP contribution in [0, 0.1) is 11.8 Å². The van der Waals surface area contributed by atoms with Gasteiger partial charge in [-0.15, -0.1) is 0 Å². The molecule has 1 heterocycles. The van der Waals surface area contributed by atoms with Crippen molar-refractivity contribution >= 4 is 0 Å². The molecule has 0 unspecified atom stereocenters. The van der Waals surface area contributed by atoms with Crippen LogP contribution in [0.15, 0.2) is 12.2 Å². The van der Waals surface area contributed by atoms with Gasteiger partial charge in [0.25, 0.3) is 0 Å². The van der Waals surface area contributed by atoms with Gasteiger partial charge in [-0.05, 0) is 25.2 Å². The number of fused-ring (bicyclic) bond motifs is 1. The van der Waals surface area contributed by atoms with E-state index >= 15 is 0 Å². The summed E-state index contributed by atoms with van der Waals surface area (Å²) in [5.41, 5.74) is 0.130. The Morgan fingerprint density at radius 3 is 2.82 bits per heavy atom. The summed E-state index contributed by atoms with van der Waals surface area (Å²) in [5, 5.41) is 0. The third-order valence-corrected chi connectivity index (χ3v) is 3.00. The van der Waals surface area contributed by atoms with E-state index in [1.807, 2.05) is 0 Å². The molecule has 0 aromatic heterocycles. The van der Waals surface area contributed by atoms with E-state index < -0.39 is 0 Å². The minimum absolute atomic E-state index is 0.130. The predicted molar refractivity (Wildman–Crippen MR) is 45.4 cm³/mol. The Morgan fingerprint density at radius 2 is 2.27 bits per heavy atom. The fourth-order valence-corrected chi connectivity index (χ4v) is 1.84. The zero-order valence-electron chi connectivity index (χ0n) is 7.50. The van der Waals surface area contributed by atoms with Crippen molar-refractivity contribution < 1.29 is 4.74 Å². The second-order valence-electron chi connectivity index (χ2n) is 4.29. The molecule has 2 rings (SSSR count). The van der Waals surface area contributed by atoms with Crippen LogP contribution in [0.5, 0.6) is 0 Å². The van der Waals surface area contributed by atoms with E-state index in [-0.39, 0.29) is 5.60 Å². The van der Waals surface area contributed by atoms with Crippen LogP contribution in [0.3, 0.4) is 0 Å². The maximum atomic E-state index is 5.56. The highest BCUT2D eigenvalue weighted by Gasteiger charge is 2.52. The lowest BCUT2D eigenvalue weighted by Gasteiger charge is -2.19. The SMILES string of the molecule is CC(C)[C@@H]1C=C[C@@]2(C)O[C@@H]2C1. The first-order valence-corrected chi connectivity index (χ1v) is 4.49. The van der Waals surface area contributed by atoms with Gasteiger partial charge in [-0.1, -0.05) is 26.0 Å². The summed E-state index contributed by atoms with van der Waals surface area (Å²) in [5.74, 6) is 1.51. The van der Waals surface area contributed by atoms with E-state index in [4.69, 9.17) is 4.74 Å². The number of ether oxygens (including phenoxy) is 1. The second kappa shape index (κ2) is 2.10. The van der Waals surface area contributed by atoms with Crippen molar-refractivity contribution in [3.63, 3.8) is 0 Å². The fourth-order valence-electron chi connectivity index (χ4n) is 1.84. The Bertz CT molecular complexity index is 195. The topological polar surface area (TPSA) is 12.5 Å². The summed E-state index contributed by atoms with van der Waals surface area (Å²) >= 11 is 0. The molecule has 1 saturated heterocycles. The van der Waals surface area contributed by atoms with Crippen molar-refractivity contribution in [3.05, 3.63) is 12.2 Å². The molecule has 0 aromatic rings. The zero-order valence-corrected chi connectivity index (χ0v) is 7.50. The van der Waals surface area contributed by atoms with Crippen LogP contribution in [0.25, 0.3) is 0 Å². The van der Waals surface area contributed by atoms with Crippen LogP contribution in [-0.4, -0.2) is 11.7 Å². The predicted octanol–water partition coefficient (Wildman–Crippen LogP) is 2.38. The molecule has 0 amide bonds. The quantitative estimate of drug-likeness (QED) is 0.415. The van der Waals surface area contributed by atoms with E-state index in [9.17, 15) is 0 Å². The standard InChI is InChI=1S/C10H16O/c1-7(2)8-4-5-10(3)9(6-8)11-10/h4-5,7-9H,6H2,1-3H3/t8-,9-,10-/m1/s1. The van der Waals surface area contributed by atoms with Gasteiger partial charge in [0, 0.05) is 0 Å². The molecule has 0 spiro atoms. The van der Waals surface area contributed by atoms with Crippen LogP contribution in [0.2, 0.25) is 0 Å². The molecule has 0 aromatic carbocycles. The molecular weight excluding hydrogens is 136 g/mol. The second-order valence-corrected chi connectivity index (χ2v) is 4.29. The van der Waals surface area contributed by atoms with Gasteiger partial charge in [0.15, 0.2) is 0 Å². The summed E-state index contributed by atoms with van der Waals surface area (Å²) in [6, 6.07) is 0. The van der Waals surface area contributed by atoms with Crippen LogP contribution < -0.4 is 0 Å². The molecule has 0 saturated carbocycles. The first-order valence-electron chi connectivity index (χ1n) is 4.49. The molecule has 62 valence electrons. The molecule has 3 atom stereocenters. The summed E-state index contributed by atoms with van der Waals surface area (Å²) in [6.45, 7) is 6.73. The van der Waals surface area contributed by atoms with Crippen molar-refractivity contribution in [1.29, 1.82) is 0 Å². The average Bonchev–Trinajstić information content (AvgIpc) is 2.58. The van der Waals surface area contributed by atoms with Gasteiger partial charge in [0.2, 0.25) is 0 Å². The lowest BCUT2D eigenvalue weighted by Crippen LogP contribution is -2.18. The zero-order chi connectivity index (χ0) is 8.06. The number of rotatable bonds is 1. The third-order valence-electron chi connectivity index (χ3n) is 3.00. The Kier molecular flexibility index (Phi) is 1.40. The van der Waals surface area contributed by atoms with Gasteiger partial charge >= 0.3 is 0 Å². The van der Waals surface area contributed by atoms with Crippen molar-refractivity contribution in [2.45, 2.75) is 38.9 Å². The van der Waals surface area contributed by atoms with E-state index in [1.54, 1.807) is 0 Å². The lowest BCUT2D eigenvalue weighted by atomic mass is 9.83. The Hall–Kier alpha value is -0.300. The first kappa shape index (κ1) is 7.35. The molecule has 2 aliphatic rings. The van der Waals surface area contributed by atoms with Gasteiger partial charge in [-0.3, -0.25) is 0 Å². The van der Waals surface area contributed by atoms with E-state index in [0.717, 1.165) is 11.8 Å². The van der Waals surface area contributed by atoms with Gasteiger partial charge < -0.3 is 4.74 Å². The highest BCUT2D eigenvalue weighted by atomic mass is 16.6. The fraction of sp³-hybridized carbons (Fsp3) is 0.800. The van der Waals surface area contributed by atoms with Crippen molar-refractivity contribution in [3.8, 4) is 0 Å². The first-order chi connectivity index (χ1) is 5.12. The van der Waals surface area contributed by atoms with Crippen LogP contribution in [-0.2, 0) is 4.74 Å². The number of hydrogen-bond acceptors (Lipinski definition) is 1. The normalized spacial score (nSPS) is 47.6. The molecule has 1 aliphatic heterocycles. The van der Waals surface area contributed by atoms with Gasteiger partial charge in [0.05, 0.1) is 6.10 Å². The summed E-state index contributed by atoms with van der Waals surface area (Å²) < 4.78 is 5.56. The van der Waals surface area contributed by atoms with Gasteiger partial charge in [-0.2, -0.15) is 0 Å². The molecule has 1 heteroatoms. The Morgan fingerprint density at radius 1 is 1.55 bits per heavy atom. The molecule has 1 aliphatic carbocycles. The van der Waals surface area contributed by atoms with Gasteiger partial charge in [-0.25, -0.2) is 0 Å². The highest BCUT2D eigenvalue weighted by Crippen LogP contribution is 2.46. The summed E-state index contributed by atoms with van der Waals surface area (Å²) in [4.78, 5) is 0. The van der Waals surface area contributed by atoms with Crippen molar-refractivity contribution in [2.24, 2.45) is 11.8 Å². The monoisotopic (exact) mass is 152 g/mol. The van der Waals surface area contributed by atoms with E-state index in [2.05, 4.69) is 32.9 Å². The minimum Gasteiger partial charge on any atom is -0.362 e. The maximum Gasteiger partial charge on any atom is 0.110 e. The summed E-state index contributed by atoms with van der Waals surface area (Å²) in [7, 11) is 0. The van der Waals surface area contributed by atoms with Crippen LogP contribution in [0.4, 0.5) is 0 Å². The van der Waals surface area contributed by atoms with E-state index in [0.29, 0.717) is 6.10 Å². The number of epoxide rings is 1. The molecule has 0 bridgehead atoms. The maximum absolute atomic E-state index is 5.56. The largest absolute Gasteiger partial charge is 0.362 e. The highest BCUT2D eigenvalue weighted by molar-refractivity contribution is 5.20. The van der Waals surface area contributed by atoms with Crippen molar-refractivity contribution in [2.75, 3.05) is 0 Å². The molecule has 11 heavy (non-hydrogen) atoms. The molecule has 0 radical (unpaired) electrons. The molecular formula is C10H16O. The summed E-state index contributed by atoms with van der Waals surface area (Å²) in [6.07, 6.45) is 6.32. The van der Waals surface area contributed by atoms with Crippen molar-refractivity contribution in [1.82, 2.24) is 0 Å². The molecule has 0 N–H and O–H groups in total. The van der Waals surface area contributed by atoms with Crippen LogP contribution in [0.1, 0.15) is 27.2 Å². The minimum atomic E-state index is 0.130. The van der Waals surface area contributed by atoms with Gasteiger partial charge in [0.1, 0.15) is 5.60 Å². The number of allylic oxidation sites excluding steroid dienone is 1. The lowest BCUT2D eigenvalue weighted by molar-refractivity contribution is 0.324. The Balaban J connectivity index is 2.07. The average molecular weight is 152 g/mol. The number of hydrogen-bond donors (Lipinski definition) is 0. The molecule has 1 fully saturated rings. The Labute approximate surface area is 68.4 Å². The molecule has 1 nitrogen and oxygen atoms in total.